The lowest BCUT2D eigenvalue weighted by atomic mass is 10.1. The zero-order valence-electron chi connectivity index (χ0n) is 23.6. The third kappa shape index (κ3) is 10.3. The third-order valence-corrected chi connectivity index (χ3v) is 6.28. The van der Waals surface area contributed by atoms with Gasteiger partial charge in [-0.25, -0.2) is 14.7 Å². The van der Waals surface area contributed by atoms with Crippen molar-refractivity contribution in [3.63, 3.8) is 0 Å². The van der Waals surface area contributed by atoms with E-state index in [9.17, 15) is 14.4 Å². The van der Waals surface area contributed by atoms with Crippen molar-refractivity contribution in [1.29, 1.82) is 0 Å². The lowest BCUT2D eigenvalue weighted by Crippen LogP contribution is -2.34. The molecule has 0 aliphatic carbocycles. The van der Waals surface area contributed by atoms with Gasteiger partial charge in [0.05, 0.1) is 18.4 Å². The summed E-state index contributed by atoms with van der Waals surface area (Å²) in [6.07, 6.45) is 0.0773. The lowest BCUT2D eigenvalue weighted by molar-refractivity contribution is -0.149. The lowest BCUT2D eigenvalue weighted by Gasteiger charge is -2.23. The van der Waals surface area contributed by atoms with Gasteiger partial charge in [-0.2, -0.15) is 0 Å². The first kappa shape index (κ1) is 31.7. The van der Waals surface area contributed by atoms with Gasteiger partial charge in [0.1, 0.15) is 18.4 Å². The summed E-state index contributed by atoms with van der Waals surface area (Å²) in [6, 6.07) is 8.26. The monoisotopic (exact) mass is 564 g/mol. The van der Waals surface area contributed by atoms with E-state index in [2.05, 4.69) is 10.1 Å². The topological polar surface area (TPSA) is 129 Å². The van der Waals surface area contributed by atoms with Crippen molar-refractivity contribution in [2.75, 3.05) is 28.2 Å². The number of carbonyl (C=O) groups is 3. The molecule has 12 nitrogen and oxygen atoms in total. The fraction of sp³-hybridized carbons (Fsp3) is 0.462. The van der Waals surface area contributed by atoms with Crippen LogP contribution in [0.1, 0.15) is 37.6 Å². The number of rotatable bonds is 12. The van der Waals surface area contributed by atoms with Crippen molar-refractivity contribution < 1.29 is 37.6 Å². The highest BCUT2D eigenvalue weighted by atomic mass is 31.2. The number of benzene rings is 1. The van der Waals surface area contributed by atoms with Crippen molar-refractivity contribution in [2.24, 2.45) is 0 Å². The Labute approximate surface area is 230 Å². The predicted molar refractivity (Wildman–Crippen MR) is 145 cm³/mol. The van der Waals surface area contributed by atoms with Gasteiger partial charge >= 0.3 is 26.7 Å². The van der Waals surface area contributed by atoms with Gasteiger partial charge in [-0.1, -0.05) is 18.2 Å². The Balaban J connectivity index is 2.34. The molecule has 1 aromatic heterocycles. The Morgan fingerprint density at radius 1 is 0.974 bits per heavy atom. The van der Waals surface area contributed by atoms with Crippen LogP contribution in [0.15, 0.2) is 36.5 Å². The second-order valence-electron chi connectivity index (χ2n) is 9.16. The van der Waals surface area contributed by atoms with Crippen LogP contribution in [0, 0.1) is 6.92 Å². The van der Waals surface area contributed by atoms with Gasteiger partial charge in [0, 0.05) is 45.5 Å². The van der Waals surface area contributed by atoms with Crippen LogP contribution in [0.3, 0.4) is 0 Å². The first-order valence-corrected chi connectivity index (χ1v) is 13.4. The number of nitrogens with zero attached hydrogens (tertiary/aromatic N) is 3. The molecule has 0 saturated heterocycles. The highest BCUT2D eigenvalue weighted by Crippen LogP contribution is 2.38. The maximum Gasteiger partial charge on any atom is 0.414 e. The highest BCUT2D eigenvalue weighted by Gasteiger charge is 2.25. The van der Waals surface area contributed by atoms with E-state index < -0.39 is 32.7 Å². The summed E-state index contributed by atoms with van der Waals surface area (Å²) in [6.45, 7) is 6.59. The molecule has 0 aliphatic rings. The minimum atomic E-state index is -1.86. The molecule has 0 radical (unpaired) electrons. The number of aryl methyl sites for hydroxylation is 1. The fourth-order valence-electron chi connectivity index (χ4n) is 2.88. The summed E-state index contributed by atoms with van der Waals surface area (Å²) < 4.78 is 28.3. The van der Waals surface area contributed by atoms with Gasteiger partial charge in [0.25, 0.3) is 0 Å². The maximum absolute atomic E-state index is 12.4. The van der Waals surface area contributed by atoms with Crippen LogP contribution in [0.4, 0.5) is 9.59 Å². The van der Waals surface area contributed by atoms with Gasteiger partial charge in [-0.15, -0.1) is 0 Å². The molecule has 2 aromatic rings. The zero-order valence-corrected chi connectivity index (χ0v) is 24.5. The van der Waals surface area contributed by atoms with Gasteiger partial charge in [0.15, 0.2) is 5.75 Å². The molecular formula is C26H37N4O8P. The first-order valence-electron chi connectivity index (χ1n) is 12.2. The molecule has 1 N–H and O–H groups in total. The van der Waals surface area contributed by atoms with Crippen molar-refractivity contribution in [2.45, 2.75) is 53.1 Å². The molecule has 1 aromatic carbocycles. The molecule has 2 atom stereocenters. The van der Waals surface area contributed by atoms with Gasteiger partial charge in [0.2, 0.25) is 0 Å². The Hall–Kier alpha value is -3.47. The molecular weight excluding hydrogens is 527 g/mol. The molecule has 214 valence electrons. The number of amides is 2. The molecule has 0 fully saturated rings. The second kappa shape index (κ2) is 15.2. The molecule has 2 unspecified atom stereocenters. The van der Waals surface area contributed by atoms with Crippen LogP contribution in [0.25, 0.3) is 0 Å². The standard InChI is InChI=1S/C26H37N4O8P/c1-17(2)36-24(31)19(4)28-39(38-21-12-10-9-11-13-21)35-15-20-14-27-18(3)23(37-26(33)30(7)8)22(20)16-34-25(32)29(5)6/h9-14,17,19,28H,15-16H2,1-8H3. The number of aromatic nitrogens is 1. The largest absolute Gasteiger partial charge is 0.462 e. The average molecular weight is 565 g/mol. The van der Waals surface area contributed by atoms with Gasteiger partial charge in [-0.05, 0) is 39.8 Å². The number of esters is 1. The summed E-state index contributed by atoms with van der Waals surface area (Å²) in [7, 11) is 4.36. The van der Waals surface area contributed by atoms with Crippen LogP contribution in [0.5, 0.6) is 11.5 Å². The van der Waals surface area contributed by atoms with E-state index in [-0.39, 0.29) is 25.1 Å². The average Bonchev–Trinajstić information content (AvgIpc) is 2.87. The first-order chi connectivity index (χ1) is 18.4. The zero-order chi connectivity index (χ0) is 29.1. The Bertz CT molecular complexity index is 1110. The van der Waals surface area contributed by atoms with E-state index in [4.69, 9.17) is 23.3 Å². The van der Waals surface area contributed by atoms with E-state index in [1.54, 1.807) is 74.2 Å². The Kier molecular flexibility index (Phi) is 12.4. The number of para-hydroxylation sites is 1. The molecule has 0 saturated carbocycles. The van der Waals surface area contributed by atoms with E-state index in [0.717, 1.165) is 0 Å². The highest BCUT2D eigenvalue weighted by molar-refractivity contribution is 7.45. The van der Waals surface area contributed by atoms with Crippen molar-refractivity contribution in [1.82, 2.24) is 19.9 Å². The smallest absolute Gasteiger partial charge is 0.414 e. The van der Waals surface area contributed by atoms with Crippen LogP contribution >= 0.6 is 8.53 Å². The predicted octanol–water partition coefficient (Wildman–Crippen LogP) is 4.40. The van der Waals surface area contributed by atoms with E-state index in [1.807, 2.05) is 18.2 Å². The van der Waals surface area contributed by atoms with Crippen molar-refractivity contribution in [3.8, 4) is 11.5 Å². The molecule has 13 heteroatoms. The second-order valence-corrected chi connectivity index (χ2v) is 10.4. The number of pyridine rings is 1. The van der Waals surface area contributed by atoms with Crippen LogP contribution in [0.2, 0.25) is 0 Å². The summed E-state index contributed by atoms with van der Waals surface area (Å²) in [5, 5.41) is 3.04. The van der Waals surface area contributed by atoms with E-state index >= 15 is 0 Å². The SMILES string of the molecule is Cc1ncc(COP(NC(C)C(=O)OC(C)C)Oc2ccccc2)c(COC(=O)N(C)C)c1OC(=O)N(C)C. The molecule has 2 amide bonds. The summed E-state index contributed by atoms with van der Waals surface area (Å²) in [4.78, 5) is 43.8. The molecule has 39 heavy (non-hydrogen) atoms. The van der Waals surface area contributed by atoms with E-state index in [1.165, 1.54) is 9.80 Å². The summed E-state index contributed by atoms with van der Waals surface area (Å²) in [5.41, 5.74) is 1.34. The number of carbonyl (C=O) groups excluding carboxylic acids is 3. The quantitative estimate of drug-likeness (QED) is 0.293. The minimum absolute atomic E-state index is 0.0634. The minimum Gasteiger partial charge on any atom is -0.462 e. The molecule has 0 spiro atoms. The van der Waals surface area contributed by atoms with Crippen molar-refractivity contribution >= 4 is 26.7 Å². The number of hydrogen-bond donors (Lipinski definition) is 1. The van der Waals surface area contributed by atoms with E-state index in [0.29, 0.717) is 22.6 Å². The molecule has 2 rings (SSSR count). The maximum atomic E-state index is 12.4. The normalized spacial score (nSPS) is 12.3. The van der Waals surface area contributed by atoms with Gasteiger partial charge in [-0.3, -0.25) is 9.78 Å². The van der Waals surface area contributed by atoms with Crippen LogP contribution in [-0.2, 0) is 32.0 Å². The molecule has 0 aliphatic heterocycles. The Morgan fingerprint density at radius 3 is 2.21 bits per heavy atom. The summed E-state index contributed by atoms with van der Waals surface area (Å²) in [5.74, 6) is 0.240. The summed E-state index contributed by atoms with van der Waals surface area (Å²) >= 11 is 0. The fourth-order valence-corrected chi connectivity index (χ4v) is 4.05. The molecule has 1 heterocycles. The number of hydrogen-bond acceptors (Lipinski definition) is 10. The third-order valence-electron chi connectivity index (χ3n) is 4.94. The van der Waals surface area contributed by atoms with Crippen LogP contribution in [-0.4, -0.2) is 73.3 Å². The van der Waals surface area contributed by atoms with Crippen LogP contribution < -0.4 is 14.3 Å². The number of nitrogens with one attached hydrogen (secondary N) is 1. The molecule has 0 bridgehead atoms. The van der Waals surface area contributed by atoms with Crippen molar-refractivity contribution in [3.05, 3.63) is 53.3 Å². The van der Waals surface area contributed by atoms with Gasteiger partial charge < -0.3 is 33.1 Å². The number of ether oxygens (including phenoxy) is 3. The Morgan fingerprint density at radius 2 is 1.62 bits per heavy atom.